The molecule has 1 aliphatic rings. The number of benzene rings is 2. The zero-order valence-corrected chi connectivity index (χ0v) is 13.4. The van der Waals surface area contributed by atoms with E-state index in [1.165, 1.54) is 17.8 Å². The average Bonchev–Trinajstić information content (AvgIpc) is 2.81. The Bertz CT molecular complexity index is 784. The lowest BCUT2D eigenvalue weighted by Gasteiger charge is -2.01. The molecular formula is C17H14Cl2N2O. The van der Waals surface area contributed by atoms with Gasteiger partial charge in [0.2, 0.25) is 0 Å². The van der Waals surface area contributed by atoms with E-state index in [0.29, 0.717) is 16.5 Å². The fourth-order valence-electron chi connectivity index (χ4n) is 2.64. The van der Waals surface area contributed by atoms with E-state index in [4.69, 9.17) is 23.2 Å². The Kier molecular flexibility index (Phi) is 4.19. The largest absolute Gasteiger partial charge is 0.506 e. The van der Waals surface area contributed by atoms with Crippen LogP contribution >= 0.6 is 23.2 Å². The fourth-order valence-corrected chi connectivity index (χ4v) is 3.15. The molecule has 2 aromatic rings. The van der Waals surface area contributed by atoms with Crippen LogP contribution in [0.1, 0.15) is 36.0 Å². The summed E-state index contributed by atoms with van der Waals surface area (Å²) >= 11 is 11.8. The van der Waals surface area contributed by atoms with Crippen LogP contribution in [0.5, 0.6) is 5.75 Å². The van der Waals surface area contributed by atoms with Gasteiger partial charge >= 0.3 is 0 Å². The quantitative estimate of drug-likeness (QED) is 0.608. The van der Waals surface area contributed by atoms with E-state index in [1.807, 2.05) is 12.1 Å². The Morgan fingerprint density at radius 2 is 2.00 bits per heavy atom. The first-order valence-electron chi connectivity index (χ1n) is 6.93. The zero-order chi connectivity index (χ0) is 15.7. The van der Waals surface area contributed by atoms with Crippen LogP contribution < -0.4 is 0 Å². The highest BCUT2D eigenvalue weighted by Crippen LogP contribution is 2.33. The van der Waals surface area contributed by atoms with E-state index < -0.39 is 0 Å². The molecule has 0 spiro atoms. The van der Waals surface area contributed by atoms with Crippen molar-refractivity contribution in [3.8, 4) is 5.75 Å². The lowest BCUT2D eigenvalue weighted by atomic mass is 10.0. The number of phenolic OH excluding ortho intramolecular Hbond substituents is 1. The van der Waals surface area contributed by atoms with E-state index in [-0.39, 0.29) is 10.8 Å². The van der Waals surface area contributed by atoms with Gasteiger partial charge in [0.25, 0.3) is 0 Å². The molecule has 0 fully saturated rings. The molecule has 0 aromatic heterocycles. The lowest BCUT2D eigenvalue weighted by Crippen LogP contribution is -1.93. The summed E-state index contributed by atoms with van der Waals surface area (Å²) in [6, 6.07) is 11.3. The molecule has 0 amide bonds. The third-order valence-electron chi connectivity index (χ3n) is 3.74. The van der Waals surface area contributed by atoms with E-state index in [2.05, 4.69) is 29.3 Å². The van der Waals surface area contributed by atoms with Crippen molar-refractivity contribution in [3.63, 3.8) is 0 Å². The number of aromatic hydroxyl groups is 1. The molecule has 22 heavy (non-hydrogen) atoms. The molecule has 0 aliphatic heterocycles. The van der Waals surface area contributed by atoms with Crippen molar-refractivity contribution in [3.05, 3.63) is 63.1 Å². The van der Waals surface area contributed by atoms with Crippen molar-refractivity contribution in [2.24, 2.45) is 10.2 Å². The second-order valence-corrected chi connectivity index (χ2v) is 6.15. The summed E-state index contributed by atoms with van der Waals surface area (Å²) in [5.74, 6) is 0.398. The molecule has 5 heteroatoms. The van der Waals surface area contributed by atoms with Crippen molar-refractivity contribution in [1.82, 2.24) is 0 Å². The van der Waals surface area contributed by atoms with Crippen LogP contribution in [0.3, 0.4) is 0 Å². The number of fused-ring (bicyclic) bond motifs is 1. The van der Waals surface area contributed by atoms with Crippen LogP contribution in [0.4, 0.5) is 0 Å². The molecule has 3 nitrogen and oxygen atoms in total. The minimum atomic E-state index is -0.0461. The van der Waals surface area contributed by atoms with Gasteiger partial charge in [0.05, 0.1) is 16.9 Å². The molecule has 1 aliphatic carbocycles. The van der Waals surface area contributed by atoms with Crippen LogP contribution in [-0.4, -0.2) is 17.0 Å². The van der Waals surface area contributed by atoms with Gasteiger partial charge in [0.1, 0.15) is 5.75 Å². The van der Waals surface area contributed by atoms with Crippen molar-refractivity contribution in [1.29, 1.82) is 0 Å². The fraction of sp³-hybridized carbons (Fsp3) is 0.176. The number of hydrogen-bond donors (Lipinski definition) is 1. The maximum absolute atomic E-state index is 9.88. The molecule has 0 heterocycles. The van der Waals surface area contributed by atoms with Crippen molar-refractivity contribution in [2.75, 3.05) is 0 Å². The summed E-state index contributed by atoms with van der Waals surface area (Å²) in [7, 11) is 0. The molecule has 112 valence electrons. The SMILES string of the molecule is CC1C/C(=N\N=C\c2cc(Cl)cc(Cl)c2O)c2ccccc21. The predicted octanol–water partition coefficient (Wildman–Crippen LogP) is 5.03. The number of halogens is 2. The van der Waals surface area contributed by atoms with Gasteiger partial charge in [0.15, 0.2) is 0 Å². The molecule has 0 radical (unpaired) electrons. The molecular weight excluding hydrogens is 319 g/mol. The van der Waals surface area contributed by atoms with Crippen LogP contribution in [0.25, 0.3) is 0 Å². The van der Waals surface area contributed by atoms with Gasteiger partial charge in [-0.1, -0.05) is 54.4 Å². The summed E-state index contributed by atoms with van der Waals surface area (Å²) in [6.07, 6.45) is 2.32. The van der Waals surface area contributed by atoms with Gasteiger partial charge in [-0.25, -0.2) is 0 Å². The van der Waals surface area contributed by atoms with Gasteiger partial charge in [-0.15, -0.1) is 0 Å². The number of phenols is 1. The zero-order valence-electron chi connectivity index (χ0n) is 11.9. The Balaban J connectivity index is 1.90. The van der Waals surface area contributed by atoms with Crippen LogP contribution in [0, 0.1) is 0 Å². The van der Waals surface area contributed by atoms with Gasteiger partial charge in [0, 0.05) is 16.1 Å². The number of hydrogen-bond acceptors (Lipinski definition) is 3. The summed E-state index contributed by atoms with van der Waals surface area (Å²) in [5.41, 5.74) is 3.83. The van der Waals surface area contributed by atoms with Gasteiger partial charge in [-0.2, -0.15) is 10.2 Å². The minimum Gasteiger partial charge on any atom is -0.506 e. The van der Waals surface area contributed by atoms with Crippen molar-refractivity contribution >= 4 is 35.1 Å². The Hall–Kier alpha value is -1.84. The van der Waals surface area contributed by atoms with E-state index in [1.54, 1.807) is 6.07 Å². The molecule has 1 N–H and O–H groups in total. The van der Waals surface area contributed by atoms with E-state index >= 15 is 0 Å². The lowest BCUT2D eigenvalue weighted by molar-refractivity contribution is 0.474. The summed E-state index contributed by atoms with van der Waals surface area (Å²) < 4.78 is 0. The smallest absolute Gasteiger partial charge is 0.143 e. The maximum atomic E-state index is 9.88. The van der Waals surface area contributed by atoms with Gasteiger partial charge in [-0.05, 0) is 30.0 Å². The first-order chi connectivity index (χ1) is 10.6. The Morgan fingerprint density at radius 3 is 2.82 bits per heavy atom. The Labute approximate surface area is 138 Å². The third kappa shape index (κ3) is 2.87. The molecule has 2 aromatic carbocycles. The van der Waals surface area contributed by atoms with Crippen LogP contribution in [-0.2, 0) is 0 Å². The monoisotopic (exact) mass is 332 g/mol. The second-order valence-electron chi connectivity index (χ2n) is 5.31. The first-order valence-corrected chi connectivity index (χ1v) is 7.69. The van der Waals surface area contributed by atoms with Crippen molar-refractivity contribution < 1.29 is 5.11 Å². The standard InChI is InChI=1S/C17H14Cl2N2O/c1-10-6-16(14-5-3-2-4-13(10)14)21-20-9-11-7-12(18)8-15(19)17(11)22/h2-5,7-10,22H,6H2,1H3/b20-9+,21-16+. The predicted molar refractivity (Wildman–Crippen MR) is 91.7 cm³/mol. The number of rotatable bonds is 2. The highest BCUT2D eigenvalue weighted by atomic mass is 35.5. The van der Waals surface area contributed by atoms with E-state index in [0.717, 1.165) is 17.7 Å². The topological polar surface area (TPSA) is 45.0 Å². The molecule has 3 rings (SSSR count). The van der Waals surface area contributed by atoms with Gasteiger partial charge < -0.3 is 5.11 Å². The Morgan fingerprint density at radius 1 is 1.23 bits per heavy atom. The molecule has 0 saturated carbocycles. The van der Waals surface area contributed by atoms with Gasteiger partial charge in [-0.3, -0.25) is 0 Å². The highest BCUT2D eigenvalue weighted by molar-refractivity contribution is 6.36. The second kappa shape index (κ2) is 6.11. The first kappa shape index (κ1) is 15.1. The normalized spacial score (nSPS) is 19.0. The maximum Gasteiger partial charge on any atom is 0.143 e. The average molecular weight is 333 g/mol. The van der Waals surface area contributed by atoms with Crippen LogP contribution in [0.2, 0.25) is 10.0 Å². The van der Waals surface area contributed by atoms with E-state index in [9.17, 15) is 5.11 Å². The summed E-state index contributed by atoms with van der Waals surface area (Å²) in [6.45, 7) is 2.17. The molecule has 1 atom stereocenters. The third-order valence-corrected chi connectivity index (χ3v) is 4.24. The highest BCUT2D eigenvalue weighted by Gasteiger charge is 2.23. The molecule has 1 unspecified atom stereocenters. The van der Waals surface area contributed by atoms with Crippen LogP contribution in [0.15, 0.2) is 46.6 Å². The molecule has 0 bridgehead atoms. The van der Waals surface area contributed by atoms with Crippen molar-refractivity contribution in [2.45, 2.75) is 19.3 Å². The molecule has 0 saturated heterocycles. The number of nitrogens with zero attached hydrogens (tertiary/aromatic N) is 2. The summed E-state index contributed by atoms with van der Waals surface area (Å²) in [5, 5.41) is 18.9. The minimum absolute atomic E-state index is 0.0461. The summed E-state index contributed by atoms with van der Waals surface area (Å²) in [4.78, 5) is 0.